The molecule has 1 aromatic heterocycles. The highest BCUT2D eigenvalue weighted by Crippen LogP contribution is 2.36. The molecule has 0 radical (unpaired) electrons. The Labute approximate surface area is 147 Å². The number of aromatic nitrogens is 2. The third kappa shape index (κ3) is 4.13. The molecule has 0 aliphatic rings. The van der Waals surface area contributed by atoms with Crippen molar-refractivity contribution in [1.29, 1.82) is 0 Å². The van der Waals surface area contributed by atoms with Crippen LogP contribution in [0.15, 0.2) is 22.0 Å². The smallest absolute Gasteiger partial charge is 0.315 e. The summed E-state index contributed by atoms with van der Waals surface area (Å²) in [6.07, 6.45) is 1.43. The van der Waals surface area contributed by atoms with Gasteiger partial charge in [-0.2, -0.15) is 5.10 Å². The second-order valence-electron chi connectivity index (χ2n) is 5.17. The summed E-state index contributed by atoms with van der Waals surface area (Å²) >= 11 is 0. The first-order valence-electron chi connectivity index (χ1n) is 7.42. The number of ether oxygens (including phenoxy) is 1. The molecule has 0 amide bonds. The minimum absolute atomic E-state index is 0.0728. The number of nitro benzene ring substituents is 1. The van der Waals surface area contributed by atoms with Gasteiger partial charge in [0.05, 0.1) is 23.9 Å². The molecule has 0 bridgehead atoms. The topological polar surface area (TPSA) is 163 Å². The quantitative estimate of drug-likeness (QED) is 0.317. The zero-order valence-electron chi connectivity index (χ0n) is 14.0. The molecule has 0 saturated heterocycles. The lowest BCUT2D eigenvalue weighted by Crippen LogP contribution is -2.19. The van der Waals surface area contributed by atoms with E-state index in [-0.39, 0.29) is 30.3 Å². The Morgan fingerprint density at radius 2 is 2.23 bits per heavy atom. The standard InChI is InChI=1S/C15H17N5O6/c1-8-10(3-4-21)14(23)18-15(17-8)19-16-7-9-5-11(20(24)25)13(22)12(6-9)26-2/h5-7,21-22H,3-4H2,1-2H3,(H2,17,18,19,23)/b16-7-. The van der Waals surface area contributed by atoms with Crippen molar-refractivity contribution in [3.8, 4) is 11.5 Å². The fraction of sp³-hybridized carbons (Fsp3) is 0.267. The van der Waals surface area contributed by atoms with Crippen molar-refractivity contribution < 1.29 is 19.9 Å². The summed E-state index contributed by atoms with van der Waals surface area (Å²) in [4.78, 5) is 28.7. The van der Waals surface area contributed by atoms with E-state index < -0.39 is 21.9 Å². The fourth-order valence-electron chi connectivity index (χ4n) is 2.22. The van der Waals surface area contributed by atoms with Crippen molar-refractivity contribution in [2.75, 3.05) is 19.1 Å². The summed E-state index contributed by atoms with van der Waals surface area (Å²) < 4.78 is 4.89. The van der Waals surface area contributed by atoms with Gasteiger partial charge in [0.25, 0.3) is 5.56 Å². The fourth-order valence-corrected chi connectivity index (χ4v) is 2.22. The molecule has 26 heavy (non-hydrogen) atoms. The van der Waals surface area contributed by atoms with Gasteiger partial charge in [-0.25, -0.2) is 10.4 Å². The van der Waals surface area contributed by atoms with Crippen molar-refractivity contribution in [2.45, 2.75) is 13.3 Å². The summed E-state index contributed by atoms with van der Waals surface area (Å²) in [7, 11) is 1.27. The number of methoxy groups -OCH3 is 1. The van der Waals surface area contributed by atoms with Gasteiger partial charge < -0.3 is 14.9 Å². The highest BCUT2D eigenvalue weighted by atomic mass is 16.6. The number of aliphatic hydroxyl groups is 1. The maximum atomic E-state index is 11.9. The Kier molecular flexibility index (Phi) is 5.86. The Hall–Kier alpha value is -3.47. The van der Waals surface area contributed by atoms with Gasteiger partial charge in [0.15, 0.2) is 5.75 Å². The zero-order chi connectivity index (χ0) is 19.3. The van der Waals surface area contributed by atoms with E-state index in [1.165, 1.54) is 19.4 Å². The van der Waals surface area contributed by atoms with Gasteiger partial charge in [-0.1, -0.05) is 0 Å². The Morgan fingerprint density at radius 3 is 2.81 bits per heavy atom. The number of aryl methyl sites for hydroxylation is 1. The first-order chi connectivity index (χ1) is 12.4. The van der Waals surface area contributed by atoms with Gasteiger partial charge >= 0.3 is 5.69 Å². The Morgan fingerprint density at radius 1 is 1.50 bits per heavy atom. The minimum Gasteiger partial charge on any atom is -0.500 e. The lowest BCUT2D eigenvalue weighted by molar-refractivity contribution is -0.386. The van der Waals surface area contributed by atoms with Crippen molar-refractivity contribution in [2.24, 2.45) is 5.10 Å². The lowest BCUT2D eigenvalue weighted by Gasteiger charge is -2.06. The molecule has 2 rings (SSSR count). The maximum Gasteiger partial charge on any atom is 0.315 e. The molecule has 1 heterocycles. The van der Waals surface area contributed by atoms with Crippen LogP contribution in [0.2, 0.25) is 0 Å². The molecule has 0 unspecified atom stereocenters. The molecule has 138 valence electrons. The molecule has 0 aliphatic carbocycles. The molecule has 11 heteroatoms. The second-order valence-corrected chi connectivity index (χ2v) is 5.17. The number of aliphatic hydroxyl groups excluding tert-OH is 1. The van der Waals surface area contributed by atoms with Crippen LogP contribution < -0.4 is 15.7 Å². The number of benzene rings is 1. The number of hydrogen-bond acceptors (Lipinski definition) is 9. The van der Waals surface area contributed by atoms with E-state index in [4.69, 9.17) is 9.84 Å². The third-order valence-corrected chi connectivity index (χ3v) is 3.46. The SMILES string of the molecule is COc1cc(/C=N\Nc2nc(C)c(CCO)c(=O)[nH]2)cc([N+](=O)[O-])c1O. The number of nitro groups is 1. The van der Waals surface area contributed by atoms with Gasteiger partial charge in [-0.05, 0) is 13.0 Å². The molecule has 0 fully saturated rings. The number of anilines is 1. The van der Waals surface area contributed by atoms with Crippen molar-refractivity contribution >= 4 is 17.9 Å². The average molecular weight is 363 g/mol. The van der Waals surface area contributed by atoms with Crippen molar-refractivity contribution in [1.82, 2.24) is 9.97 Å². The normalized spacial score (nSPS) is 10.9. The monoisotopic (exact) mass is 363 g/mol. The van der Waals surface area contributed by atoms with Crippen LogP contribution in [-0.2, 0) is 6.42 Å². The van der Waals surface area contributed by atoms with Crippen LogP contribution in [0.25, 0.3) is 0 Å². The number of nitrogens with one attached hydrogen (secondary N) is 2. The van der Waals surface area contributed by atoms with E-state index in [2.05, 4.69) is 20.5 Å². The molecule has 0 saturated carbocycles. The summed E-state index contributed by atoms with van der Waals surface area (Å²) in [6.45, 7) is 1.46. The summed E-state index contributed by atoms with van der Waals surface area (Å²) in [5.41, 5.74) is 2.70. The minimum atomic E-state index is -0.745. The largest absolute Gasteiger partial charge is 0.500 e. The number of aromatic hydroxyl groups is 1. The van der Waals surface area contributed by atoms with Crippen LogP contribution in [0, 0.1) is 17.0 Å². The molecule has 11 nitrogen and oxygen atoms in total. The predicted molar refractivity (Wildman–Crippen MR) is 92.9 cm³/mol. The number of phenolic OH excluding ortho intramolecular Hbond substituents is 1. The highest BCUT2D eigenvalue weighted by molar-refractivity contribution is 5.83. The van der Waals surface area contributed by atoms with Crippen LogP contribution >= 0.6 is 0 Å². The number of hydrogen-bond donors (Lipinski definition) is 4. The van der Waals surface area contributed by atoms with Gasteiger partial charge in [0.1, 0.15) is 0 Å². The molecule has 0 spiro atoms. The molecule has 2 aromatic rings. The van der Waals surface area contributed by atoms with E-state index >= 15 is 0 Å². The summed E-state index contributed by atoms with van der Waals surface area (Å²) in [6, 6.07) is 2.48. The number of rotatable bonds is 7. The number of aromatic amines is 1. The van der Waals surface area contributed by atoms with E-state index in [9.17, 15) is 20.0 Å². The van der Waals surface area contributed by atoms with Gasteiger partial charge in [0, 0.05) is 30.2 Å². The van der Waals surface area contributed by atoms with E-state index in [0.29, 0.717) is 11.3 Å². The lowest BCUT2D eigenvalue weighted by atomic mass is 10.2. The van der Waals surface area contributed by atoms with Crippen LogP contribution in [0.5, 0.6) is 11.5 Å². The van der Waals surface area contributed by atoms with Gasteiger partial charge in [0.2, 0.25) is 11.7 Å². The number of hydrazone groups is 1. The van der Waals surface area contributed by atoms with Crippen LogP contribution in [0.4, 0.5) is 11.6 Å². The third-order valence-electron chi connectivity index (χ3n) is 3.46. The number of nitrogens with zero attached hydrogens (tertiary/aromatic N) is 3. The second kappa shape index (κ2) is 8.07. The summed E-state index contributed by atoms with van der Waals surface area (Å²) in [5.74, 6) is -0.578. The molecule has 0 aliphatic heterocycles. The Bertz CT molecular complexity index is 908. The van der Waals surface area contributed by atoms with Crippen molar-refractivity contribution in [3.05, 3.63) is 49.4 Å². The molecular formula is C15H17N5O6. The van der Waals surface area contributed by atoms with Crippen molar-refractivity contribution in [3.63, 3.8) is 0 Å². The average Bonchev–Trinajstić information content (AvgIpc) is 2.59. The number of phenols is 1. The summed E-state index contributed by atoms with van der Waals surface area (Å²) in [5, 5.41) is 33.5. The molecular weight excluding hydrogens is 346 g/mol. The van der Waals surface area contributed by atoms with Crippen LogP contribution in [0.3, 0.4) is 0 Å². The number of H-pyrrole nitrogens is 1. The first kappa shape index (κ1) is 18.9. The van der Waals surface area contributed by atoms with E-state index in [1.807, 2.05) is 0 Å². The van der Waals surface area contributed by atoms with Gasteiger partial charge in [-0.15, -0.1) is 0 Å². The van der Waals surface area contributed by atoms with Crippen LogP contribution in [0.1, 0.15) is 16.8 Å². The zero-order valence-corrected chi connectivity index (χ0v) is 14.0. The van der Waals surface area contributed by atoms with Gasteiger partial charge in [-0.3, -0.25) is 19.9 Å². The highest BCUT2D eigenvalue weighted by Gasteiger charge is 2.19. The van der Waals surface area contributed by atoms with E-state index in [0.717, 1.165) is 6.07 Å². The van der Waals surface area contributed by atoms with E-state index in [1.54, 1.807) is 6.92 Å². The molecule has 0 atom stereocenters. The maximum absolute atomic E-state index is 11.9. The molecule has 4 N–H and O–H groups in total. The van der Waals surface area contributed by atoms with Crippen LogP contribution in [-0.4, -0.2) is 45.0 Å². The Balaban J connectivity index is 2.25. The predicted octanol–water partition coefficient (Wildman–Crippen LogP) is 0.682. The first-order valence-corrected chi connectivity index (χ1v) is 7.42. The molecule has 1 aromatic carbocycles.